The summed E-state index contributed by atoms with van der Waals surface area (Å²) in [6.07, 6.45) is -4.55. The molecule has 0 atom stereocenters. The van der Waals surface area contributed by atoms with Gasteiger partial charge in [-0.2, -0.15) is 13.2 Å². The van der Waals surface area contributed by atoms with E-state index in [4.69, 9.17) is 10.5 Å². The van der Waals surface area contributed by atoms with Gasteiger partial charge in [0.25, 0.3) is 0 Å². The van der Waals surface area contributed by atoms with E-state index in [-0.39, 0.29) is 22.6 Å². The number of halogens is 3. The molecule has 1 amide bonds. The Labute approximate surface area is 122 Å². The molecule has 0 saturated carbocycles. The zero-order chi connectivity index (χ0) is 15.5. The van der Waals surface area contributed by atoms with Gasteiger partial charge < -0.3 is 10.5 Å². The third kappa shape index (κ3) is 4.11. The molecular formula is C11H15F3N4O2S. The molecule has 0 bridgehead atoms. The van der Waals surface area contributed by atoms with E-state index in [0.29, 0.717) is 37.4 Å². The van der Waals surface area contributed by atoms with Crippen molar-refractivity contribution >= 4 is 22.4 Å². The third-order valence-corrected chi connectivity index (χ3v) is 4.20. The Hall–Kier alpha value is -1.26. The minimum atomic E-state index is -4.35. The molecule has 1 saturated heterocycles. The fraction of sp³-hybridized carbons (Fsp3) is 0.727. The molecule has 3 N–H and O–H groups in total. The van der Waals surface area contributed by atoms with Gasteiger partial charge in [0.1, 0.15) is 5.01 Å². The van der Waals surface area contributed by atoms with Crippen LogP contribution >= 0.6 is 11.3 Å². The molecule has 1 aromatic heterocycles. The molecule has 118 valence electrons. The van der Waals surface area contributed by atoms with Crippen molar-refractivity contribution in [3.05, 3.63) is 5.01 Å². The Morgan fingerprint density at radius 1 is 1.38 bits per heavy atom. The molecule has 21 heavy (non-hydrogen) atoms. The summed E-state index contributed by atoms with van der Waals surface area (Å²) in [4.78, 5) is 12.3. The maximum atomic E-state index is 12.3. The summed E-state index contributed by atoms with van der Waals surface area (Å²) in [5, 5.41) is 9.37. The van der Waals surface area contributed by atoms with Gasteiger partial charge in [0, 0.05) is 19.8 Å². The lowest BCUT2D eigenvalue weighted by molar-refractivity contribution is -0.130. The van der Waals surface area contributed by atoms with Gasteiger partial charge >= 0.3 is 6.18 Å². The lowest BCUT2D eigenvalue weighted by Gasteiger charge is -2.34. The first-order chi connectivity index (χ1) is 9.85. The second-order valence-electron chi connectivity index (χ2n) is 4.84. The van der Waals surface area contributed by atoms with Crippen molar-refractivity contribution in [1.29, 1.82) is 0 Å². The standard InChI is InChI=1S/C11H15F3N4O2S/c12-11(13,14)5-7-17-18-9(21-7)16-8(19)10(6-15)1-3-20-4-2-10/h1-6,15H2,(H,16,18,19). The largest absolute Gasteiger partial charge is 0.395 e. The summed E-state index contributed by atoms with van der Waals surface area (Å²) in [6, 6.07) is 0. The summed E-state index contributed by atoms with van der Waals surface area (Å²) < 4.78 is 41.9. The van der Waals surface area contributed by atoms with E-state index in [9.17, 15) is 18.0 Å². The first-order valence-electron chi connectivity index (χ1n) is 6.33. The summed E-state index contributed by atoms with van der Waals surface area (Å²) in [5.74, 6) is -0.344. The lowest BCUT2D eigenvalue weighted by atomic mass is 9.79. The highest BCUT2D eigenvalue weighted by Gasteiger charge is 2.39. The van der Waals surface area contributed by atoms with Crippen LogP contribution in [-0.2, 0) is 16.0 Å². The molecule has 0 spiro atoms. The van der Waals surface area contributed by atoms with Crippen LogP contribution in [0.25, 0.3) is 0 Å². The number of nitrogens with one attached hydrogen (secondary N) is 1. The highest BCUT2D eigenvalue weighted by atomic mass is 32.1. The van der Waals surface area contributed by atoms with Gasteiger partial charge in [0.2, 0.25) is 11.0 Å². The third-order valence-electron chi connectivity index (χ3n) is 3.36. The first-order valence-corrected chi connectivity index (χ1v) is 7.15. The average Bonchev–Trinajstić information content (AvgIpc) is 2.84. The quantitative estimate of drug-likeness (QED) is 0.872. The Balaban J connectivity index is 2.02. The molecule has 6 nitrogen and oxygen atoms in total. The van der Waals surface area contributed by atoms with Crippen LogP contribution in [0.1, 0.15) is 17.8 Å². The SMILES string of the molecule is NCC1(C(=O)Nc2nnc(CC(F)(F)F)s2)CCOCC1. The highest BCUT2D eigenvalue weighted by Crippen LogP contribution is 2.32. The van der Waals surface area contributed by atoms with Crippen molar-refractivity contribution in [3.63, 3.8) is 0 Å². The van der Waals surface area contributed by atoms with Crippen molar-refractivity contribution in [3.8, 4) is 0 Å². The van der Waals surface area contributed by atoms with Crippen molar-refractivity contribution in [2.24, 2.45) is 11.1 Å². The summed E-state index contributed by atoms with van der Waals surface area (Å²) in [6.45, 7) is 1.01. The highest BCUT2D eigenvalue weighted by molar-refractivity contribution is 7.15. The van der Waals surface area contributed by atoms with Gasteiger partial charge in [-0.1, -0.05) is 11.3 Å². The van der Waals surface area contributed by atoms with Crippen molar-refractivity contribution in [2.75, 3.05) is 25.1 Å². The summed E-state index contributed by atoms with van der Waals surface area (Å²) in [5.41, 5.74) is 4.93. The maximum Gasteiger partial charge on any atom is 0.395 e. The minimum absolute atomic E-state index is 0.0542. The second-order valence-corrected chi connectivity index (χ2v) is 5.91. The van der Waals surface area contributed by atoms with Crippen molar-refractivity contribution < 1.29 is 22.7 Å². The zero-order valence-corrected chi connectivity index (χ0v) is 11.9. The number of nitrogens with zero attached hydrogens (tertiary/aromatic N) is 2. The number of hydrogen-bond acceptors (Lipinski definition) is 6. The number of rotatable bonds is 4. The number of alkyl halides is 3. The van der Waals surface area contributed by atoms with Gasteiger partial charge in [-0.3, -0.25) is 10.1 Å². The summed E-state index contributed by atoms with van der Waals surface area (Å²) in [7, 11) is 0. The number of anilines is 1. The number of carbonyl (C=O) groups excluding carboxylic acids is 1. The van der Waals surface area contributed by atoms with Crippen LogP contribution in [-0.4, -0.2) is 42.0 Å². The number of aromatic nitrogens is 2. The monoisotopic (exact) mass is 324 g/mol. The number of amides is 1. The molecule has 10 heteroatoms. The molecule has 1 aliphatic heterocycles. The maximum absolute atomic E-state index is 12.3. The normalized spacial score (nSPS) is 18.5. The number of hydrogen-bond donors (Lipinski definition) is 2. The molecule has 0 radical (unpaired) electrons. The molecule has 2 heterocycles. The van der Waals surface area contributed by atoms with Crippen LogP contribution < -0.4 is 11.1 Å². The van der Waals surface area contributed by atoms with E-state index in [0.717, 1.165) is 0 Å². The van der Waals surface area contributed by atoms with Crippen LogP contribution in [0.5, 0.6) is 0 Å². The van der Waals surface area contributed by atoms with Crippen molar-refractivity contribution in [1.82, 2.24) is 10.2 Å². The van der Waals surface area contributed by atoms with E-state index >= 15 is 0 Å². The Kier molecular flexibility index (Phi) is 4.79. The molecule has 0 aliphatic carbocycles. The molecule has 2 rings (SSSR count). The van der Waals surface area contributed by atoms with Gasteiger partial charge in [0.05, 0.1) is 11.8 Å². The van der Waals surface area contributed by atoms with E-state index in [1.54, 1.807) is 0 Å². The molecule has 1 aliphatic rings. The number of ether oxygens (including phenoxy) is 1. The fourth-order valence-corrected chi connectivity index (χ4v) is 2.83. The van der Waals surface area contributed by atoms with E-state index in [1.807, 2.05) is 0 Å². The van der Waals surface area contributed by atoms with Gasteiger partial charge in [-0.05, 0) is 12.8 Å². The van der Waals surface area contributed by atoms with E-state index in [1.165, 1.54) is 0 Å². The first kappa shape index (κ1) is 16.1. The minimum Gasteiger partial charge on any atom is -0.381 e. The zero-order valence-electron chi connectivity index (χ0n) is 11.1. The Bertz CT molecular complexity index is 500. The predicted octanol–water partition coefficient (Wildman–Crippen LogP) is 1.34. The van der Waals surface area contributed by atoms with Crippen LogP contribution in [0.3, 0.4) is 0 Å². The van der Waals surface area contributed by atoms with Crippen molar-refractivity contribution in [2.45, 2.75) is 25.4 Å². The second kappa shape index (κ2) is 6.24. The molecule has 1 fully saturated rings. The van der Waals surface area contributed by atoms with Crippen LogP contribution in [0.4, 0.5) is 18.3 Å². The number of nitrogens with two attached hydrogens (primary N) is 1. The van der Waals surface area contributed by atoms with Gasteiger partial charge in [-0.15, -0.1) is 10.2 Å². The topological polar surface area (TPSA) is 90.1 Å². The molecule has 0 aromatic carbocycles. The smallest absolute Gasteiger partial charge is 0.381 e. The van der Waals surface area contributed by atoms with Gasteiger partial charge in [-0.25, -0.2) is 0 Å². The van der Waals surface area contributed by atoms with E-state index < -0.39 is 18.0 Å². The molecule has 0 unspecified atom stereocenters. The van der Waals surface area contributed by atoms with Crippen LogP contribution in [0.2, 0.25) is 0 Å². The average molecular weight is 324 g/mol. The Morgan fingerprint density at radius 3 is 2.62 bits per heavy atom. The number of carbonyl (C=O) groups is 1. The van der Waals surface area contributed by atoms with E-state index in [2.05, 4.69) is 15.5 Å². The lowest BCUT2D eigenvalue weighted by Crippen LogP contribution is -2.46. The fourth-order valence-electron chi connectivity index (χ4n) is 2.06. The Morgan fingerprint density at radius 2 is 2.05 bits per heavy atom. The van der Waals surface area contributed by atoms with Crippen LogP contribution in [0.15, 0.2) is 0 Å². The molecular weight excluding hydrogens is 309 g/mol. The predicted molar refractivity (Wildman–Crippen MR) is 69.8 cm³/mol. The summed E-state index contributed by atoms with van der Waals surface area (Å²) >= 11 is 0.715. The van der Waals surface area contributed by atoms with Crippen LogP contribution in [0, 0.1) is 5.41 Å². The van der Waals surface area contributed by atoms with Gasteiger partial charge in [0.15, 0.2) is 0 Å². The molecule has 1 aromatic rings.